The molecule has 0 atom stereocenters. The van der Waals surface area contributed by atoms with E-state index in [0.717, 1.165) is 24.0 Å². The van der Waals surface area contributed by atoms with Crippen molar-refractivity contribution in [2.24, 2.45) is 0 Å². The summed E-state index contributed by atoms with van der Waals surface area (Å²) < 4.78 is 2.45. The highest BCUT2D eigenvalue weighted by Gasteiger charge is 2.30. The molecule has 1 aromatic heterocycles. The van der Waals surface area contributed by atoms with E-state index >= 15 is 0 Å². The summed E-state index contributed by atoms with van der Waals surface area (Å²) >= 11 is 0. The third-order valence-corrected chi connectivity index (χ3v) is 4.00. The first-order valence-corrected chi connectivity index (χ1v) is 7.02. The maximum atomic E-state index is 5.92. The summed E-state index contributed by atoms with van der Waals surface area (Å²) in [4.78, 5) is 4.86. The number of aromatic nitrogens is 2. The van der Waals surface area contributed by atoms with Crippen LogP contribution in [-0.2, 0) is 0 Å². The van der Waals surface area contributed by atoms with Crippen molar-refractivity contribution in [2.75, 3.05) is 5.73 Å². The molecule has 1 saturated carbocycles. The minimum atomic E-state index is 0.569. The molecule has 96 valence electrons. The number of hydrogen-bond donors (Lipinski definition) is 1. The van der Waals surface area contributed by atoms with E-state index < -0.39 is 0 Å². The maximum Gasteiger partial charge on any atom is 0.113 e. The van der Waals surface area contributed by atoms with Crippen LogP contribution in [0.5, 0.6) is 0 Å². The normalized spacial score (nSPS) is 15.7. The molecule has 0 saturated heterocycles. The van der Waals surface area contributed by atoms with Gasteiger partial charge in [0.1, 0.15) is 5.82 Å². The predicted molar refractivity (Wildman–Crippen MR) is 75.7 cm³/mol. The number of nitrogen functional groups attached to an aromatic ring is 1. The van der Waals surface area contributed by atoms with Crippen molar-refractivity contribution in [3.63, 3.8) is 0 Å². The minimum Gasteiger partial charge on any atom is -0.399 e. The Labute approximate surface area is 108 Å². The van der Waals surface area contributed by atoms with Crippen LogP contribution < -0.4 is 5.73 Å². The van der Waals surface area contributed by atoms with Crippen LogP contribution in [0.1, 0.15) is 57.3 Å². The van der Waals surface area contributed by atoms with Gasteiger partial charge in [-0.15, -0.1) is 0 Å². The molecule has 0 amide bonds. The van der Waals surface area contributed by atoms with E-state index in [1.54, 1.807) is 0 Å². The molecule has 0 spiro atoms. The highest BCUT2D eigenvalue weighted by Crippen LogP contribution is 2.41. The van der Waals surface area contributed by atoms with Crippen LogP contribution in [-0.4, -0.2) is 9.55 Å². The molecule has 3 heteroatoms. The lowest BCUT2D eigenvalue weighted by molar-refractivity contribution is 0.559. The molecule has 1 aromatic carbocycles. The van der Waals surface area contributed by atoms with E-state index in [4.69, 9.17) is 10.7 Å². The number of nitrogens with two attached hydrogens (primary N) is 1. The van der Waals surface area contributed by atoms with Crippen molar-refractivity contribution < 1.29 is 0 Å². The first-order valence-electron chi connectivity index (χ1n) is 7.02. The first-order chi connectivity index (χ1) is 8.74. The van der Waals surface area contributed by atoms with Gasteiger partial charge in [0.25, 0.3) is 0 Å². The zero-order chi connectivity index (χ0) is 12.7. The molecule has 2 aromatic rings. The third-order valence-electron chi connectivity index (χ3n) is 4.00. The largest absolute Gasteiger partial charge is 0.399 e. The molecule has 0 unspecified atom stereocenters. The molecular weight excluding hydrogens is 222 g/mol. The molecule has 0 bridgehead atoms. The van der Waals surface area contributed by atoms with Gasteiger partial charge in [-0.25, -0.2) is 4.98 Å². The first kappa shape index (κ1) is 11.6. The quantitative estimate of drug-likeness (QED) is 0.829. The standard InChI is InChI=1S/C15H21N3/c1-3-10(4-2)15-17-13-8-5-11(16)9-14(13)18(15)12-6-7-12/h5,8-10,12H,3-4,6-7,16H2,1-2H3. The number of hydrogen-bond acceptors (Lipinski definition) is 2. The number of fused-ring (bicyclic) bond motifs is 1. The molecule has 1 fully saturated rings. The van der Waals surface area contributed by atoms with E-state index in [1.807, 2.05) is 6.07 Å². The second-order valence-corrected chi connectivity index (χ2v) is 5.33. The van der Waals surface area contributed by atoms with Crippen molar-refractivity contribution in [1.29, 1.82) is 0 Å². The van der Waals surface area contributed by atoms with E-state index in [1.165, 1.54) is 24.2 Å². The third kappa shape index (κ3) is 1.78. The second-order valence-electron chi connectivity index (χ2n) is 5.33. The van der Waals surface area contributed by atoms with Gasteiger partial charge in [0, 0.05) is 17.6 Å². The van der Waals surface area contributed by atoms with Crippen molar-refractivity contribution in [3.8, 4) is 0 Å². The molecule has 1 aliphatic carbocycles. The Kier molecular flexibility index (Phi) is 2.77. The molecule has 1 aliphatic rings. The van der Waals surface area contributed by atoms with Gasteiger partial charge in [0.05, 0.1) is 11.0 Å². The van der Waals surface area contributed by atoms with E-state index in [2.05, 4.69) is 30.5 Å². The summed E-state index contributed by atoms with van der Waals surface area (Å²) in [7, 11) is 0. The number of benzene rings is 1. The lowest BCUT2D eigenvalue weighted by Gasteiger charge is -2.15. The van der Waals surface area contributed by atoms with Gasteiger partial charge in [-0.3, -0.25) is 0 Å². The minimum absolute atomic E-state index is 0.569. The number of nitrogens with zero attached hydrogens (tertiary/aromatic N) is 2. The van der Waals surface area contributed by atoms with Crippen LogP contribution in [0.3, 0.4) is 0 Å². The molecule has 1 heterocycles. The summed E-state index contributed by atoms with van der Waals surface area (Å²) in [6.07, 6.45) is 4.88. The maximum absolute atomic E-state index is 5.92. The Bertz CT molecular complexity index is 562. The van der Waals surface area contributed by atoms with Crippen LogP contribution in [0, 0.1) is 0 Å². The molecule has 0 aliphatic heterocycles. The molecule has 0 radical (unpaired) electrons. The van der Waals surface area contributed by atoms with Crippen molar-refractivity contribution in [3.05, 3.63) is 24.0 Å². The molecular formula is C15H21N3. The average Bonchev–Trinajstić information content (AvgIpc) is 3.13. The molecule has 2 N–H and O–H groups in total. The number of rotatable bonds is 4. The lowest BCUT2D eigenvalue weighted by Crippen LogP contribution is -2.07. The van der Waals surface area contributed by atoms with Crippen LogP contribution in [0.4, 0.5) is 5.69 Å². The Morgan fingerprint density at radius 2 is 2.06 bits per heavy atom. The Morgan fingerprint density at radius 3 is 2.67 bits per heavy atom. The highest BCUT2D eigenvalue weighted by molar-refractivity contribution is 5.80. The molecule has 3 nitrogen and oxygen atoms in total. The van der Waals surface area contributed by atoms with Gasteiger partial charge < -0.3 is 10.3 Å². The Hall–Kier alpha value is -1.51. The fraction of sp³-hybridized carbons (Fsp3) is 0.533. The number of anilines is 1. The van der Waals surface area contributed by atoms with Crippen molar-refractivity contribution >= 4 is 16.7 Å². The van der Waals surface area contributed by atoms with Gasteiger partial charge >= 0.3 is 0 Å². The monoisotopic (exact) mass is 243 g/mol. The van der Waals surface area contributed by atoms with Crippen molar-refractivity contribution in [2.45, 2.75) is 51.5 Å². The zero-order valence-electron chi connectivity index (χ0n) is 11.2. The Balaban J connectivity index is 2.20. The zero-order valence-corrected chi connectivity index (χ0v) is 11.2. The van der Waals surface area contributed by atoms with Gasteiger partial charge in [-0.2, -0.15) is 0 Å². The summed E-state index contributed by atoms with van der Waals surface area (Å²) in [6.45, 7) is 4.50. The summed E-state index contributed by atoms with van der Waals surface area (Å²) in [5.41, 5.74) is 9.07. The highest BCUT2D eigenvalue weighted by atomic mass is 15.1. The smallest absolute Gasteiger partial charge is 0.113 e. The SMILES string of the molecule is CCC(CC)c1nc2ccc(N)cc2n1C1CC1. The van der Waals surface area contributed by atoms with Crippen LogP contribution in [0.15, 0.2) is 18.2 Å². The van der Waals surface area contributed by atoms with Crippen LogP contribution in [0.2, 0.25) is 0 Å². The average molecular weight is 243 g/mol. The van der Waals surface area contributed by atoms with Crippen LogP contribution >= 0.6 is 0 Å². The van der Waals surface area contributed by atoms with Crippen molar-refractivity contribution in [1.82, 2.24) is 9.55 Å². The number of imidazole rings is 1. The summed E-state index contributed by atoms with van der Waals surface area (Å²) in [5, 5.41) is 0. The second kappa shape index (κ2) is 4.30. The summed E-state index contributed by atoms with van der Waals surface area (Å²) in [5.74, 6) is 1.84. The van der Waals surface area contributed by atoms with Gasteiger partial charge in [0.15, 0.2) is 0 Å². The van der Waals surface area contributed by atoms with Gasteiger partial charge in [-0.05, 0) is 43.9 Å². The van der Waals surface area contributed by atoms with E-state index in [-0.39, 0.29) is 0 Å². The molecule has 18 heavy (non-hydrogen) atoms. The van der Waals surface area contributed by atoms with Gasteiger partial charge in [0.2, 0.25) is 0 Å². The van der Waals surface area contributed by atoms with Gasteiger partial charge in [-0.1, -0.05) is 13.8 Å². The predicted octanol–water partition coefficient (Wildman–Crippen LogP) is 3.86. The van der Waals surface area contributed by atoms with E-state index in [9.17, 15) is 0 Å². The van der Waals surface area contributed by atoms with E-state index in [0.29, 0.717) is 12.0 Å². The lowest BCUT2D eigenvalue weighted by atomic mass is 10.0. The van der Waals surface area contributed by atoms with Crippen LogP contribution in [0.25, 0.3) is 11.0 Å². The Morgan fingerprint density at radius 1 is 1.33 bits per heavy atom. The fourth-order valence-corrected chi connectivity index (χ4v) is 2.79. The topological polar surface area (TPSA) is 43.8 Å². The fourth-order valence-electron chi connectivity index (χ4n) is 2.79. The molecule has 3 rings (SSSR count). The summed E-state index contributed by atoms with van der Waals surface area (Å²) in [6, 6.07) is 6.73.